The quantitative estimate of drug-likeness (QED) is 0.0409. The Labute approximate surface area is 340 Å². The maximum absolute atomic E-state index is 13.3. The van der Waals surface area contributed by atoms with E-state index in [9.17, 15) is 32.3 Å². The number of benzene rings is 4. The number of imide groups is 1. The van der Waals surface area contributed by atoms with Gasteiger partial charge in [-0.1, -0.05) is 35.3 Å². The molecule has 0 aliphatic carbocycles. The van der Waals surface area contributed by atoms with Gasteiger partial charge < -0.3 is 33.3 Å². The molecule has 5 rings (SSSR count). The first kappa shape index (κ1) is 43.1. The number of nitrogens with one attached hydrogen (secondary N) is 2. The Morgan fingerprint density at radius 1 is 0.895 bits per heavy atom. The Kier molecular flexibility index (Phi) is 15.5. The first-order chi connectivity index (χ1) is 27.3. The predicted molar refractivity (Wildman–Crippen MR) is 207 cm³/mol. The van der Waals surface area contributed by atoms with E-state index >= 15 is 0 Å². The van der Waals surface area contributed by atoms with Crippen LogP contribution in [0.25, 0.3) is 0 Å². The van der Waals surface area contributed by atoms with Gasteiger partial charge in [0.25, 0.3) is 5.91 Å². The van der Waals surface area contributed by atoms with Crippen LogP contribution in [-0.4, -0.2) is 81.6 Å². The van der Waals surface area contributed by atoms with Gasteiger partial charge in [-0.3, -0.25) is 24.5 Å². The molecule has 57 heavy (non-hydrogen) atoms. The Hall–Kier alpha value is -5.00. The van der Waals surface area contributed by atoms with Crippen LogP contribution in [0, 0.1) is 0 Å². The van der Waals surface area contributed by atoms with Gasteiger partial charge in [0.2, 0.25) is 11.8 Å². The molecule has 1 heterocycles. The van der Waals surface area contributed by atoms with E-state index in [4.69, 9.17) is 46.9 Å². The Morgan fingerprint density at radius 3 is 2.26 bits per heavy atom. The molecule has 2 N–H and O–H groups in total. The molecular formula is C39H36Cl2F3N3O9S. The summed E-state index contributed by atoms with van der Waals surface area (Å²) in [5.74, 6) is -0.00177. The average Bonchev–Trinajstić information content (AvgIpc) is 3.18. The zero-order valence-corrected chi connectivity index (χ0v) is 32.6. The van der Waals surface area contributed by atoms with E-state index in [-0.39, 0.29) is 74.3 Å². The molecule has 0 spiro atoms. The zero-order valence-electron chi connectivity index (χ0n) is 30.2. The molecule has 3 amide bonds. The molecule has 1 aliphatic rings. The van der Waals surface area contributed by atoms with Gasteiger partial charge in [0.05, 0.1) is 48.3 Å². The van der Waals surface area contributed by atoms with Crippen LogP contribution in [0.3, 0.4) is 0 Å². The minimum atomic E-state index is -4.59. The van der Waals surface area contributed by atoms with Crippen LogP contribution < -0.4 is 24.2 Å². The average molecular weight is 851 g/mol. The minimum absolute atomic E-state index is 0.00886. The number of aldehydes is 1. The van der Waals surface area contributed by atoms with E-state index in [1.54, 1.807) is 54.6 Å². The Bertz CT molecular complexity index is 2060. The molecule has 1 aliphatic heterocycles. The van der Waals surface area contributed by atoms with Crippen molar-refractivity contribution < 1.29 is 56.0 Å². The highest BCUT2D eigenvalue weighted by Gasteiger charge is 2.35. The Morgan fingerprint density at radius 2 is 1.58 bits per heavy atom. The molecule has 0 aromatic heterocycles. The normalized spacial score (nSPS) is 14.1. The van der Waals surface area contributed by atoms with E-state index in [0.29, 0.717) is 34.2 Å². The number of piperidine rings is 1. The summed E-state index contributed by atoms with van der Waals surface area (Å²) in [5, 5.41) is 2.22. The van der Waals surface area contributed by atoms with E-state index in [1.807, 2.05) is 0 Å². The van der Waals surface area contributed by atoms with E-state index in [2.05, 4.69) is 10.0 Å². The molecule has 302 valence electrons. The first-order valence-electron chi connectivity index (χ1n) is 17.3. The first-order valence-corrected chi connectivity index (χ1v) is 18.9. The molecule has 1 unspecified atom stereocenters. The van der Waals surface area contributed by atoms with Crippen molar-refractivity contribution in [1.29, 1.82) is 0 Å². The van der Waals surface area contributed by atoms with Gasteiger partial charge in [-0.25, -0.2) is 0 Å². The van der Waals surface area contributed by atoms with Gasteiger partial charge in [0.1, 0.15) is 36.5 Å². The molecule has 1 saturated heterocycles. The summed E-state index contributed by atoms with van der Waals surface area (Å²) in [4.78, 5) is 50.4. The second-order valence-corrected chi connectivity index (χ2v) is 13.9. The number of ether oxygens (including phenoxy) is 5. The van der Waals surface area contributed by atoms with E-state index in [1.165, 1.54) is 30.1 Å². The second kappa shape index (κ2) is 20.4. The maximum Gasteiger partial charge on any atom is 0.417 e. The number of carbonyl (C=O) groups excluding carboxylic acids is 4. The van der Waals surface area contributed by atoms with Crippen LogP contribution in [0.5, 0.6) is 23.0 Å². The van der Waals surface area contributed by atoms with Crippen molar-refractivity contribution in [2.75, 3.05) is 51.4 Å². The highest BCUT2D eigenvalue weighted by atomic mass is 35.5. The monoisotopic (exact) mass is 849 g/mol. The number of carbonyl (C=O) groups is 4. The smallest absolute Gasteiger partial charge is 0.417 e. The van der Waals surface area contributed by atoms with Crippen molar-refractivity contribution in [3.63, 3.8) is 0 Å². The molecule has 0 saturated carbocycles. The number of amides is 3. The fourth-order valence-electron chi connectivity index (χ4n) is 5.42. The predicted octanol–water partition coefficient (Wildman–Crippen LogP) is 8.10. The van der Waals surface area contributed by atoms with Crippen molar-refractivity contribution in [2.45, 2.75) is 30.0 Å². The number of hydrogen-bond donors (Lipinski definition) is 2. The topological polar surface area (TPSA) is 142 Å². The molecule has 12 nitrogen and oxygen atoms in total. The standard InChI is InChI=1S/C39H36Cl2F3N3O9S/c1-47(32-12-14-35(49)45-37(32)50)38(51)36-24(23-48)3-2-4-34(36)55-20-18-53-16-15-52-17-19-54-26-6-8-27(9-7-26)56-33-13-5-25(40)21-31(33)46-57-28-10-11-30(41)29(22-28)39(42,43)44/h2-11,13,21-23,32,46H,12,14-20H2,1H3,(H,45,49,50). The number of alkyl halides is 3. The molecule has 0 bridgehead atoms. The molecule has 1 atom stereocenters. The van der Waals surface area contributed by atoms with Crippen LogP contribution in [0.4, 0.5) is 18.9 Å². The summed E-state index contributed by atoms with van der Waals surface area (Å²) >= 11 is 12.8. The molecule has 4 aromatic rings. The van der Waals surface area contributed by atoms with Gasteiger partial charge >= 0.3 is 6.18 Å². The van der Waals surface area contributed by atoms with Crippen LogP contribution in [0.2, 0.25) is 10.0 Å². The highest BCUT2D eigenvalue weighted by Crippen LogP contribution is 2.39. The third kappa shape index (κ3) is 12.2. The van der Waals surface area contributed by atoms with Gasteiger partial charge in [-0.2, -0.15) is 13.2 Å². The third-order valence-electron chi connectivity index (χ3n) is 8.27. The van der Waals surface area contributed by atoms with Crippen LogP contribution in [0.1, 0.15) is 39.1 Å². The van der Waals surface area contributed by atoms with Crippen molar-refractivity contribution in [2.24, 2.45) is 0 Å². The van der Waals surface area contributed by atoms with Crippen molar-refractivity contribution in [3.8, 4) is 23.0 Å². The van der Waals surface area contributed by atoms with Gasteiger partial charge in [-0.05, 0) is 85.1 Å². The van der Waals surface area contributed by atoms with Crippen molar-refractivity contribution in [3.05, 3.63) is 106 Å². The van der Waals surface area contributed by atoms with Gasteiger partial charge in [-0.15, -0.1) is 0 Å². The largest absolute Gasteiger partial charge is 0.491 e. The maximum atomic E-state index is 13.3. The fraction of sp³-hybridized carbons (Fsp3) is 0.282. The molecule has 1 fully saturated rings. The minimum Gasteiger partial charge on any atom is -0.491 e. The summed E-state index contributed by atoms with van der Waals surface area (Å²) in [5.41, 5.74) is -0.394. The second-order valence-electron chi connectivity index (χ2n) is 12.2. The lowest BCUT2D eigenvalue weighted by molar-refractivity contribution is -0.138. The lowest BCUT2D eigenvalue weighted by atomic mass is 10.0. The summed E-state index contributed by atoms with van der Waals surface area (Å²) in [7, 11) is 1.43. The molecule has 0 radical (unpaired) electrons. The van der Waals surface area contributed by atoms with Crippen LogP contribution in [-0.2, 0) is 25.2 Å². The molecule has 4 aromatic carbocycles. The van der Waals surface area contributed by atoms with Gasteiger partial charge in [0, 0.05) is 29.0 Å². The van der Waals surface area contributed by atoms with Crippen molar-refractivity contribution in [1.82, 2.24) is 10.2 Å². The number of hydrogen-bond acceptors (Lipinski definition) is 11. The SMILES string of the molecule is CN(C(=O)c1c(C=O)cccc1OCCOCCOCCOc1ccc(Oc2ccc(Cl)cc2NSc2ccc(Cl)c(C(F)(F)F)c2)cc1)C1CCC(=O)NC1=O. The number of rotatable bonds is 19. The summed E-state index contributed by atoms with van der Waals surface area (Å²) in [6.45, 7) is 1.28. The van der Waals surface area contributed by atoms with E-state index < -0.39 is 40.5 Å². The zero-order chi connectivity index (χ0) is 41.0. The highest BCUT2D eigenvalue weighted by molar-refractivity contribution is 8.00. The lowest BCUT2D eigenvalue weighted by Crippen LogP contribution is -2.53. The van der Waals surface area contributed by atoms with Gasteiger partial charge in [0.15, 0.2) is 12.0 Å². The van der Waals surface area contributed by atoms with Crippen LogP contribution >= 0.6 is 35.1 Å². The summed E-state index contributed by atoms with van der Waals surface area (Å²) in [6, 6.07) is 19.0. The third-order valence-corrected chi connectivity index (χ3v) is 9.64. The number of likely N-dealkylation sites (N-methyl/N-ethyl adjacent to an activating group) is 1. The Balaban J connectivity index is 1.000. The van der Waals surface area contributed by atoms with Crippen LogP contribution in [0.15, 0.2) is 83.8 Å². The molecular weight excluding hydrogens is 814 g/mol. The molecule has 18 heteroatoms. The number of halogens is 5. The van der Waals surface area contributed by atoms with Crippen molar-refractivity contribution >= 4 is 64.8 Å². The lowest BCUT2D eigenvalue weighted by Gasteiger charge is -2.30. The number of nitrogens with zero attached hydrogens (tertiary/aromatic N) is 1. The number of anilines is 1. The fourth-order valence-corrected chi connectivity index (χ4v) is 6.51. The summed E-state index contributed by atoms with van der Waals surface area (Å²) < 4.78 is 71.5. The summed E-state index contributed by atoms with van der Waals surface area (Å²) in [6.07, 6.45) is -3.79. The van der Waals surface area contributed by atoms with E-state index in [0.717, 1.165) is 18.0 Å².